The highest BCUT2D eigenvalue weighted by molar-refractivity contribution is 7.14. The quantitative estimate of drug-likeness (QED) is 0.862. The normalized spacial score (nSPS) is 10.4. The van der Waals surface area contributed by atoms with Gasteiger partial charge in [0.1, 0.15) is 10.6 Å². The summed E-state index contributed by atoms with van der Waals surface area (Å²) >= 11 is 1.37. The first-order valence-electron chi connectivity index (χ1n) is 6.24. The molecule has 0 aliphatic heterocycles. The van der Waals surface area contributed by atoms with Crippen molar-refractivity contribution in [2.75, 3.05) is 12.3 Å². The molecule has 0 bridgehead atoms. The fraction of sp³-hybridized carbons (Fsp3) is 0.267. The monoisotopic (exact) mass is 275 g/mol. The van der Waals surface area contributed by atoms with Crippen molar-refractivity contribution in [1.29, 1.82) is 0 Å². The van der Waals surface area contributed by atoms with Crippen molar-refractivity contribution in [2.45, 2.75) is 20.3 Å². The molecule has 0 aliphatic rings. The second-order valence-electron chi connectivity index (χ2n) is 4.39. The number of ether oxygens (including phenoxy) is 1. The lowest BCUT2D eigenvalue weighted by Crippen LogP contribution is -2.08. The summed E-state index contributed by atoms with van der Waals surface area (Å²) in [6.07, 6.45) is 0.801. The highest BCUT2D eigenvalue weighted by Crippen LogP contribution is 2.34. The predicted molar refractivity (Wildman–Crippen MR) is 79.5 cm³/mol. The molecule has 0 atom stereocenters. The maximum atomic E-state index is 12.1. The first-order chi connectivity index (χ1) is 9.13. The van der Waals surface area contributed by atoms with Gasteiger partial charge in [0, 0.05) is 10.9 Å². The number of nitrogens with two attached hydrogens (primary N) is 1. The molecule has 0 amide bonds. The lowest BCUT2D eigenvalue weighted by atomic mass is 10.0. The molecule has 0 saturated heterocycles. The number of benzene rings is 1. The van der Waals surface area contributed by atoms with Gasteiger partial charge in [0.25, 0.3) is 0 Å². The summed E-state index contributed by atoms with van der Waals surface area (Å²) in [6.45, 7) is 4.40. The maximum Gasteiger partial charge on any atom is 0.341 e. The van der Waals surface area contributed by atoms with E-state index in [9.17, 15) is 4.79 Å². The van der Waals surface area contributed by atoms with E-state index < -0.39 is 0 Å². The van der Waals surface area contributed by atoms with Crippen molar-refractivity contribution in [1.82, 2.24) is 0 Å². The molecule has 0 fully saturated rings. The van der Waals surface area contributed by atoms with Gasteiger partial charge in [-0.1, -0.05) is 36.8 Å². The van der Waals surface area contributed by atoms with Crippen molar-refractivity contribution in [2.24, 2.45) is 0 Å². The van der Waals surface area contributed by atoms with Gasteiger partial charge < -0.3 is 10.5 Å². The fourth-order valence-corrected chi connectivity index (χ4v) is 2.69. The van der Waals surface area contributed by atoms with Crippen LogP contribution in [0.4, 0.5) is 5.00 Å². The topological polar surface area (TPSA) is 52.3 Å². The number of hydrogen-bond acceptors (Lipinski definition) is 4. The first-order valence-corrected chi connectivity index (χ1v) is 7.12. The van der Waals surface area contributed by atoms with Crippen LogP contribution >= 0.6 is 11.3 Å². The summed E-state index contributed by atoms with van der Waals surface area (Å²) in [5.41, 5.74) is 9.40. The molecule has 1 aromatic heterocycles. The number of thiophene rings is 1. The highest BCUT2D eigenvalue weighted by atomic mass is 32.1. The zero-order valence-electron chi connectivity index (χ0n) is 11.1. The molecular weight excluding hydrogens is 258 g/mol. The van der Waals surface area contributed by atoms with Crippen LogP contribution in [0.25, 0.3) is 11.1 Å². The minimum absolute atomic E-state index is 0.336. The maximum absolute atomic E-state index is 12.1. The Bertz CT molecular complexity index is 590. The van der Waals surface area contributed by atoms with Crippen molar-refractivity contribution in [3.8, 4) is 11.1 Å². The molecule has 0 aliphatic carbocycles. The van der Waals surface area contributed by atoms with E-state index in [1.165, 1.54) is 11.3 Å². The summed E-state index contributed by atoms with van der Waals surface area (Å²) in [4.78, 5) is 12.1. The second-order valence-corrected chi connectivity index (χ2v) is 5.31. The standard InChI is InChI=1S/C15H17NO2S/c1-3-7-18-15(17)13-12(9-19-14(13)16)11-6-4-5-10(2)8-11/h4-6,8-9H,3,7,16H2,1-2H3. The largest absolute Gasteiger partial charge is 0.462 e. The molecule has 2 rings (SSSR count). The van der Waals surface area contributed by atoms with Crippen LogP contribution in [0.2, 0.25) is 0 Å². The van der Waals surface area contributed by atoms with E-state index in [2.05, 4.69) is 0 Å². The van der Waals surface area contributed by atoms with Gasteiger partial charge in [-0.3, -0.25) is 0 Å². The van der Waals surface area contributed by atoms with Gasteiger partial charge in [-0.25, -0.2) is 4.79 Å². The molecule has 1 aromatic carbocycles. The van der Waals surface area contributed by atoms with E-state index in [1.807, 2.05) is 43.5 Å². The molecule has 0 spiro atoms. The minimum atomic E-state index is -0.336. The molecule has 2 aromatic rings. The number of hydrogen-bond donors (Lipinski definition) is 1. The van der Waals surface area contributed by atoms with E-state index in [-0.39, 0.29) is 5.97 Å². The smallest absolute Gasteiger partial charge is 0.341 e. The van der Waals surface area contributed by atoms with Crippen LogP contribution in [0.1, 0.15) is 29.3 Å². The van der Waals surface area contributed by atoms with E-state index in [0.29, 0.717) is 17.2 Å². The molecule has 3 nitrogen and oxygen atoms in total. The number of nitrogen functional groups attached to an aromatic ring is 1. The summed E-state index contributed by atoms with van der Waals surface area (Å²) in [7, 11) is 0. The van der Waals surface area contributed by atoms with Gasteiger partial charge in [0.2, 0.25) is 0 Å². The van der Waals surface area contributed by atoms with E-state index in [4.69, 9.17) is 10.5 Å². The Labute approximate surface area is 117 Å². The Hall–Kier alpha value is -1.81. The lowest BCUT2D eigenvalue weighted by molar-refractivity contribution is 0.0508. The molecule has 100 valence electrons. The third-order valence-corrected chi connectivity index (χ3v) is 3.60. The summed E-state index contributed by atoms with van der Waals surface area (Å²) < 4.78 is 5.20. The summed E-state index contributed by atoms with van der Waals surface area (Å²) in [6, 6.07) is 8.01. The van der Waals surface area contributed by atoms with Crippen LogP contribution in [-0.2, 0) is 4.74 Å². The summed E-state index contributed by atoms with van der Waals surface area (Å²) in [5, 5.41) is 2.42. The Kier molecular flexibility index (Phi) is 4.22. The molecule has 1 heterocycles. The molecule has 2 N–H and O–H groups in total. The van der Waals surface area contributed by atoms with Crippen molar-refractivity contribution >= 4 is 22.3 Å². The van der Waals surface area contributed by atoms with Crippen LogP contribution in [0.5, 0.6) is 0 Å². The Morgan fingerprint density at radius 3 is 2.89 bits per heavy atom. The Morgan fingerprint density at radius 2 is 2.21 bits per heavy atom. The van der Waals surface area contributed by atoms with Crippen molar-refractivity contribution < 1.29 is 9.53 Å². The summed E-state index contributed by atoms with van der Waals surface area (Å²) in [5.74, 6) is -0.336. The molecule has 4 heteroatoms. The van der Waals surface area contributed by atoms with Gasteiger partial charge >= 0.3 is 5.97 Å². The van der Waals surface area contributed by atoms with E-state index >= 15 is 0 Å². The van der Waals surface area contributed by atoms with Gasteiger partial charge in [0.05, 0.1) is 6.61 Å². The number of aryl methyl sites for hydroxylation is 1. The van der Waals surface area contributed by atoms with Crippen molar-refractivity contribution in [3.63, 3.8) is 0 Å². The first kappa shape index (κ1) is 13.6. The molecule has 0 radical (unpaired) electrons. The molecular formula is C15H17NO2S. The van der Waals surface area contributed by atoms with Crippen LogP contribution < -0.4 is 5.73 Å². The Balaban J connectivity index is 2.40. The zero-order chi connectivity index (χ0) is 13.8. The van der Waals surface area contributed by atoms with Gasteiger partial charge in [-0.2, -0.15) is 0 Å². The average molecular weight is 275 g/mol. The number of anilines is 1. The fourth-order valence-electron chi connectivity index (χ4n) is 1.88. The van der Waals surface area contributed by atoms with Crippen molar-refractivity contribution in [3.05, 3.63) is 40.8 Å². The number of carbonyl (C=O) groups is 1. The third-order valence-electron chi connectivity index (χ3n) is 2.79. The Morgan fingerprint density at radius 1 is 1.42 bits per heavy atom. The predicted octanol–water partition coefficient (Wildman–Crippen LogP) is 3.87. The van der Waals surface area contributed by atoms with Crippen LogP contribution in [0.15, 0.2) is 29.6 Å². The van der Waals surface area contributed by atoms with E-state index in [0.717, 1.165) is 23.1 Å². The number of esters is 1. The SMILES string of the molecule is CCCOC(=O)c1c(-c2cccc(C)c2)csc1N. The number of carbonyl (C=O) groups excluding carboxylic acids is 1. The molecule has 0 unspecified atom stereocenters. The molecule has 19 heavy (non-hydrogen) atoms. The lowest BCUT2D eigenvalue weighted by Gasteiger charge is -2.07. The highest BCUT2D eigenvalue weighted by Gasteiger charge is 2.19. The van der Waals surface area contributed by atoms with E-state index in [1.54, 1.807) is 0 Å². The van der Waals surface area contributed by atoms with Crippen LogP contribution in [-0.4, -0.2) is 12.6 Å². The van der Waals surface area contributed by atoms with Gasteiger partial charge in [-0.15, -0.1) is 11.3 Å². The molecule has 0 saturated carbocycles. The average Bonchev–Trinajstić information content (AvgIpc) is 2.78. The van der Waals surface area contributed by atoms with Crippen LogP contribution in [0.3, 0.4) is 0 Å². The minimum Gasteiger partial charge on any atom is -0.462 e. The van der Waals surface area contributed by atoms with Crippen LogP contribution in [0, 0.1) is 6.92 Å². The second kappa shape index (κ2) is 5.89. The van der Waals surface area contributed by atoms with Gasteiger partial charge in [-0.05, 0) is 18.9 Å². The number of rotatable bonds is 4. The zero-order valence-corrected chi connectivity index (χ0v) is 11.9. The van der Waals surface area contributed by atoms with Gasteiger partial charge in [0.15, 0.2) is 0 Å². The third kappa shape index (κ3) is 2.96.